The molecule has 0 aliphatic heterocycles. The minimum absolute atomic E-state index is 0.00469. The zero-order valence-corrected chi connectivity index (χ0v) is 30.6. The third-order valence-corrected chi connectivity index (χ3v) is 10.5. The quantitative estimate of drug-likeness (QED) is 0.150. The molecule has 0 saturated heterocycles. The molecule has 7 aromatic carbocycles. The Labute approximate surface area is 322 Å². The van der Waals surface area contributed by atoms with Gasteiger partial charge in [-0.2, -0.15) is 0 Å². The van der Waals surface area contributed by atoms with Gasteiger partial charge in [-0.05, 0) is 106 Å². The van der Waals surface area contributed by atoms with Gasteiger partial charge in [0, 0.05) is 33.6 Å². The minimum Gasteiger partial charge on any atom is -0.416 e. The second-order valence-electron chi connectivity index (χ2n) is 14.1. The molecule has 0 unspecified atom stereocenters. The van der Waals surface area contributed by atoms with E-state index in [2.05, 4.69) is 228 Å². The van der Waals surface area contributed by atoms with Crippen LogP contribution in [0.1, 0.15) is 18.9 Å². The smallest absolute Gasteiger partial charge is 0.248 e. The molecule has 9 rings (SSSR count). The predicted octanol–water partition coefficient (Wildman–Crippen LogP) is 13.6. The summed E-state index contributed by atoms with van der Waals surface area (Å²) in [5, 5.41) is 8.81. The van der Waals surface area contributed by atoms with Crippen molar-refractivity contribution < 1.29 is 4.42 Å². The minimum atomic E-state index is -0.00469. The van der Waals surface area contributed by atoms with E-state index in [0.29, 0.717) is 11.8 Å². The van der Waals surface area contributed by atoms with E-state index < -0.39 is 0 Å². The highest BCUT2D eigenvalue weighted by Crippen LogP contribution is 2.41. The van der Waals surface area contributed by atoms with E-state index in [4.69, 9.17) is 4.42 Å². The number of allylic oxidation sites excluding steroid dienone is 4. The third-order valence-electron chi connectivity index (χ3n) is 10.5. The predicted molar refractivity (Wildman–Crippen MR) is 226 cm³/mol. The maximum atomic E-state index is 6.19. The molecule has 0 fully saturated rings. The van der Waals surface area contributed by atoms with E-state index in [1.165, 1.54) is 22.3 Å². The average molecular weight is 710 g/mol. The molecule has 0 N–H and O–H groups in total. The van der Waals surface area contributed by atoms with Crippen molar-refractivity contribution in [3.8, 4) is 56.3 Å². The summed E-state index contributed by atoms with van der Waals surface area (Å²) in [4.78, 5) is 2.29. The number of anilines is 3. The van der Waals surface area contributed by atoms with Crippen LogP contribution in [-0.2, 0) is 5.41 Å². The normalized spacial score (nSPS) is 14.9. The monoisotopic (exact) mass is 709 g/mol. The summed E-state index contributed by atoms with van der Waals surface area (Å²) in [6, 6.07) is 64.0. The summed E-state index contributed by atoms with van der Waals surface area (Å²) < 4.78 is 6.19. The molecule has 264 valence electrons. The Hall–Kier alpha value is -7.04. The molecule has 1 aliphatic carbocycles. The van der Waals surface area contributed by atoms with Gasteiger partial charge in [-0.3, -0.25) is 0 Å². The van der Waals surface area contributed by atoms with Crippen LogP contribution in [-0.4, -0.2) is 10.2 Å². The van der Waals surface area contributed by atoms with Gasteiger partial charge in [0.25, 0.3) is 0 Å². The fraction of sp³-hybridized carbons (Fsp3) is 0.0588. The van der Waals surface area contributed by atoms with Gasteiger partial charge < -0.3 is 9.32 Å². The summed E-state index contributed by atoms with van der Waals surface area (Å²) in [5.74, 6) is 1.01. The highest BCUT2D eigenvalue weighted by molar-refractivity contribution is 5.92. The van der Waals surface area contributed by atoms with E-state index in [9.17, 15) is 0 Å². The van der Waals surface area contributed by atoms with Crippen LogP contribution in [0, 0.1) is 0 Å². The van der Waals surface area contributed by atoms with Gasteiger partial charge in [-0.25, -0.2) is 0 Å². The fourth-order valence-corrected chi connectivity index (χ4v) is 7.51. The Morgan fingerprint density at radius 1 is 0.436 bits per heavy atom. The SMILES string of the molecule is C[C@@]1(c2ccc(-c3nnc(-c4ccc(-c5ccccc5-c5ccccc5-c5ccc(N(c6ccccc6)c6ccccc6)cc5)cc4)o3)cc2)C=CC=CC1. The molecule has 55 heavy (non-hydrogen) atoms. The Balaban J connectivity index is 0.981. The van der Waals surface area contributed by atoms with Crippen LogP contribution in [0.5, 0.6) is 0 Å². The molecule has 0 spiro atoms. The van der Waals surface area contributed by atoms with E-state index in [1.807, 2.05) is 0 Å². The lowest BCUT2D eigenvalue weighted by molar-refractivity contribution is 0.583. The van der Waals surface area contributed by atoms with Crippen LogP contribution in [0.2, 0.25) is 0 Å². The van der Waals surface area contributed by atoms with Crippen LogP contribution in [0.4, 0.5) is 17.1 Å². The number of hydrogen-bond donors (Lipinski definition) is 0. The van der Waals surface area contributed by atoms with Gasteiger partial charge in [0.1, 0.15) is 0 Å². The Morgan fingerprint density at radius 3 is 1.35 bits per heavy atom. The van der Waals surface area contributed by atoms with Gasteiger partial charge in [0.15, 0.2) is 0 Å². The van der Waals surface area contributed by atoms with Gasteiger partial charge in [-0.1, -0.05) is 153 Å². The van der Waals surface area contributed by atoms with Crippen LogP contribution < -0.4 is 4.90 Å². The zero-order chi connectivity index (χ0) is 37.0. The molecular formula is C51H39N3O. The molecule has 0 bridgehead atoms. The number of para-hydroxylation sites is 2. The Bertz CT molecular complexity index is 2570. The van der Waals surface area contributed by atoms with Crippen molar-refractivity contribution in [2.75, 3.05) is 4.90 Å². The first-order chi connectivity index (χ1) is 27.1. The second-order valence-corrected chi connectivity index (χ2v) is 14.1. The summed E-state index contributed by atoms with van der Waals surface area (Å²) in [6.45, 7) is 2.26. The molecular weight excluding hydrogens is 671 g/mol. The first-order valence-electron chi connectivity index (χ1n) is 18.7. The molecule has 4 heteroatoms. The third kappa shape index (κ3) is 6.82. The molecule has 8 aromatic rings. The van der Waals surface area contributed by atoms with Gasteiger partial charge in [-0.15, -0.1) is 10.2 Å². The Morgan fingerprint density at radius 2 is 0.855 bits per heavy atom. The molecule has 1 heterocycles. The van der Waals surface area contributed by atoms with Gasteiger partial charge >= 0.3 is 0 Å². The molecule has 1 atom stereocenters. The van der Waals surface area contributed by atoms with E-state index in [1.54, 1.807) is 0 Å². The van der Waals surface area contributed by atoms with Crippen LogP contribution in [0.15, 0.2) is 211 Å². The van der Waals surface area contributed by atoms with Crippen LogP contribution in [0.3, 0.4) is 0 Å². The van der Waals surface area contributed by atoms with Crippen molar-refractivity contribution in [3.63, 3.8) is 0 Å². The molecule has 0 radical (unpaired) electrons. The van der Waals surface area contributed by atoms with Crippen LogP contribution >= 0.6 is 0 Å². The van der Waals surface area contributed by atoms with Gasteiger partial charge in [0.2, 0.25) is 11.8 Å². The van der Waals surface area contributed by atoms with Crippen molar-refractivity contribution in [1.29, 1.82) is 0 Å². The summed E-state index contributed by atoms with van der Waals surface area (Å²) in [5.41, 5.74) is 13.3. The number of hydrogen-bond acceptors (Lipinski definition) is 4. The molecule has 1 aliphatic rings. The Kier molecular flexibility index (Phi) is 9.07. The average Bonchev–Trinajstić information content (AvgIpc) is 3.76. The lowest BCUT2D eigenvalue weighted by Gasteiger charge is -2.27. The summed E-state index contributed by atoms with van der Waals surface area (Å²) in [6.07, 6.45) is 9.69. The first kappa shape index (κ1) is 33.8. The van der Waals surface area contributed by atoms with Crippen molar-refractivity contribution >= 4 is 17.1 Å². The number of aromatic nitrogens is 2. The van der Waals surface area contributed by atoms with Crippen molar-refractivity contribution in [3.05, 3.63) is 212 Å². The second kappa shape index (κ2) is 14.8. The standard InChI is InChI=1S/C51H39N3O/c1-51(35-13-4-14-36-51)41-31-27-40(28-32-41)50-53-52-49(55-50)39-25-23-37(24-26-39)45-19-9-11-21-47(45)48-22-12-10-20-46(48)38-29-33-44(34-30-38)54(42-15-5-2-6-16-42)43-17-7-3-8-18-43/h2-35H,36H2,1H3/t51-/m1/s1. The number of nitrogens with zero attached hydrogens (tertiary/aromatic N) is 3. The highest BCUT2D eigenvalue weighted by Gasteiger charge is 2.24. The van der Waals surface area contributed by atoms with Crippen molar-refractivity contribution in [1.82, 2.24) is 10.2 Å². The number of benzene rings is 7. The number of rotatable bonds is 9. The van der Waals surface area contributed by atoms with Crippen molar-refractivity contribution in [2.24, 2.45) is 0 Å². The molecule has 1 aromatic heterocycles. The highest BCUT2D eigenvalue weighted by atomic mass is 16.4. The zero-order valence-electron chi connectivity index (χ0n) is 30.6. The lowest BCUT2D eigenvalue weighted by Crippen LogP contribution is -2.19. The van der Waals surface area contributed by atoms with E-state index >= 15 is 0 Å². The van der Waals surface area contributed by atoms with E-state index in [0.717, 1.165) is 51.3 Å². The maximum absolute atomic E-state index is 6.19. The molecule has 0 saturated carbocycles. The molecule has 4 nitrogen and oxygen atoms in total. The summed E-state index contributed by atoms with van der Waals surface area (Å²) >= 11 is 0. The van der Waals surface area contributed by atoms with E-state index in [-0.39, 0.29) is 5.41 Å². The largest absolute Gasteiger partial charge is 0.416 e. The first-order valence-corrected chi connectivity index (χ1v) is 18.7. The topological polar surface area (TPSA) is 42.2 Å². The summed E-state index contributed by atoms with van der Waals surface area (Å²) in [7, 11) is 0. The van der Waals surface area contributed by atoms with Gasteiger partial charge in [0.05, 0.1) is 0 Å². The molecule has 0 amide bonds. The van der Waals surface area contributed by atoms with Crippen LogP contribution in [0.25, 0.3) is 56.3 Å². The fourth-order valence-electron chi connectivity index (χ4n) is 7.51. The van der Waals surface area contributed by atoms with Crippen molar-refractivity contribution in [2.45, 2.75) is 18.8 Å². The maximum Gasteiger partial charge on any atom is 0.248 e. The lowest BCUT2D eigenvalue weighted by atomic mass is 9.77.